The molecule has 0 aliphatic heterocycles. The van der Waals surface area contributed by atoms with Gasteiger partial charge in [-0.3, -0.25) is 23.4 Å². The Labute approximate surface area is 475 Å². The largest absolute Gasteiger partial charge is 0.472 e. The summed E-state index contributed by atoms with van der Waals surface area (Å²) in [7, 11) is -4.78. The Hall–Kier alpha value is -3.86. The van der Waals surface area contributed by atoms with Crippen molar-refractivity contribution < 1.29 is 52.2 Å². The van der Waals surface area contributed by atoms with Crippen molar-refractivity contribution in [3.8, 4) is 0 Å². The highest BCUT2D eigenvalue weighted by Gasteiger charge is 2.28. The van der Waals surface area contributed by atoms with E-state index in [1.54, 1.807) is 6.08 Å². The van der Waals surface area contributed by atoms with Gasteiger partial charge in [0.15, 0.2) is 6.10 Å². The van der Waals surface area contributed by atoms with E-state index in [4.69, 9.17) is 23.3 Å². The molecule has 0 aromatic heterocycles. The first-order chi connectivity index (χ1) is 38.2. The zero-order chi connectivity index (χ0) is 56.9. The number of aliphatic hydroxyl groups excluding tert-OH is 1. The maximum Gasteiger partial charge on any atom is 0.472 e. The van der Waals surface area contributed by atoms with E-state index in [-0.39, 0.29) is 25.9 Å². The van der Waals surface area contributed by atoms with Crippen molar-refractivity contribution in [2.24, 2.45) is 0 Å². The fourth-order valence-corrected chi connectivity index (χ4v) is 8.87. The number of allylic oxidation sites excluding steroid dienone is 17. The number of hydrogen-bond acceptors (Lipinski definition) is 10. The Morgan fingerprint density at radius 1 is 0.385 bits per heavy atom. The van der Waals surface area contributed by atoms with Gasteiger partial charge in [-0.1, -0.05) is 239 Å². The first kappa shape index (κ1) is 74.1. The summed E-state index contributed by atoms with van der Waals surface area (Å²) in [5.41, 5.74) is 0. The molecule has 0 amide bonds. The second kappa shape index (κ2) is 59.3. The molecule has 2 N–H and O–H groups in total. The molecule has 0 spiro atoms. The predicted octanol–water partition coefficient (Wildman–Crippen LogP) is 18.6. The molecule has 0 fully saturated rings. The quantitative estimate of drug-likeness (QED) is 0.0197. The van der Waals surface area contributed by atoms with E-state index >= 15 is 0 Å². The van der Waals surface area contributed by atoms with Crippen LogP contribution in [0.5, 0.6) is 0 Å². The summed E-state index contributed by atoms with van der Waals surface area (Å²) in [5.74, 6) is -1.62. The van der Waals surface area contributed by atoms with E-state index < -0.39 is 57.8 Å². The van der Waals surface area contributed by atoms with Crippen molar-refractivity contribution in [2.75, 3.05) is 26.4 Å². The predicted molar refractivity (Wildman–Crippen MR) is 325 cm³/mol. The summed E-state index contributed by atoms with van der Waals surface area (Å²) in [6.45, 7) is 4.31. The lowest BCUT2D eigenvalue weighted by molar-refractivity contribution is -0.161. The van der Waals surface area contributed by atoms with Crippen LogP contribution in [-0.2, 0) is 42.2 Å². The molecule has 0 heterocycles. The molecule has 78 heavy (non-hydrogen) atoms. The van der Waals surface area contributed by atoms with Crippen molar-refractivity contribution in [1.29, 1.82) is 0 Å². The molecule has 0 saturated heterocycles. The number of hydrogen-bond donors (Lipinski definition) is 2. The van der Waals surface area contributed by atoms with Crippen molar-refractivity contribution in [1.82, 2.24) is 0 Å². The van der Waals surface area contributed by atoms with Crippen LogP contribution < -0.4 is 0 Å². The van der Waals surface area contributed by atoms with Gasteiger partial charge < -0.3 is 24.2 Å². The van der Waals surface area contributed by atoms with Gasteiger partial charge in [-0.05, 0) is 103 Å². The summed E-state index contributed by atoms with van der Waals surface area (Å²) in [6.07, 6.45) is 72.1. The summed E-state index contributed by atoms with van der Waals surface area (Å²) >= 11 is 0. The number of phosphoric ester groups is 1. The van der Waals surface area contributed by atoms with E-state index in [2.05, 4.69) is 106 Å². The van der Waals surface area contributed by atoms with E-state index in [0.29, 0.717) is 19.3 Å². The fraction of sp³-hybridized carbons (Fsp3) is 0.682. The highest BCUT2D eigenvalue weighted by molar-refractivity contribution is 7.47. The first-order valence-corrected chi connectivity index (χ1v) is 32.3. The van der Waals surface area contributed by atoms with Crippen LogP contribution in [0, 0.1) is 0 Å². The third-order valence-electron chi connectivity index (χ3n) is 12.7. The molecule has 3 atom stereocenters. The Kier molecular flexibility index (Phi) is 56.3. The second-order valence-corrected chi connectivity index (χ2v) is 21.6. The van der Waals surface area contributed by atoms with Crippen LogP contribution in [0.25, 0.3) is 0 Å². The minimum Gasteiger partial charge on any atom is -0.462 e. The number of phosphoric acid groups is 1. The van der Waals surface area contributed by atoms with Crippen molar-refractivity contribution in [2.45, 2.75) is 264 Å². The molecular weight excluding hydrogens is 1000 g/mol. The van der Waals surface area contributed by atoms with E-state index in [9.17, 15) is 28.9 Å². The lowest BCUT2D eigenvalue weighted by Gasteiger charge is -2.21. The monoisotopic (exact) mass is 1110 g/mol. The number of carbonyl (C=O) groups is 3. The van der Waals surface area contributed by atoms with Crippen LogP contribution in [-0.4, -0.2) is 66.5 Å². The molecule has 12 heteroatoms. The second-order valence-electron chi connectivity index (χ2n) is 20.1. The molecule has 0 saturated carbocycles. The first-order valence-electron chi connectivity index (χ1n) is 30.8. The van der Waals surface area contributed by atoms with Crippen molar-refractivity contribution >= 4 is 25.7 Å². The number of unbranched alkanes of at least 4 members (excludes halogenated alkanes) is 22. The zero-order valence-corrected chi connectivity index (χ0v) is 50.2. The SMILES string of the molecule is CC/C=C\C/C=C\C/C=C\C/C=C\C/C=C\CC(=O)OC(CO)COP(=O)(O)OCC(COC(=O)CCCCCCCCC/C=C\C/C=C\C/C=C\CC)OC(=O)CCCCCCCCCCC/C=C\CCCCCCCC. The third-order valence-corrected chi connectivity index (χ3v) is 13.6. The van der Waals surface area contributed by atoms with Crippen LogP contribution >= 0.6 is 7.82 Å². The van der Waals surface area contributed by atoms with Crippen LogP contribution in [0.3, 0.4) is 0 Å². The summed E-state index contributed by atoms with van der Waals surface area (Å²) in [4.78, 5) is 48.6. The smallest absolute Gasteiger partial charge is 0.462 e. The number of esters is 3. The highest BCUT2D eigenvalue weighted by atomic mass is 31.2. The molecule has 0 radical (unpaired) electrons. The van der Waals surface area contributed by atoms with Gasteiger partial charge in [0.2, 0.25) is 0 Å². The minimum atomic E-state index is -4.78. The zero-order valence-electron chi connectivity index (χ0n) is 49.3. The Morgan fingerprint density at radius 3 is 1.14 bits per heavy atom. The third kappa shape index (κ3) is 56.8. The number of rotatable bonds is 56. The van der Waals surface area contributed by atoms with E-state index in [1.807, 2.05) is 18.2 Å². The van der Waals surface area contributed by atoms with Crippen LogP contribution in [0.1, 0.15) is 252 Å². The molecule has 0 aromatic rings. The molecule has 0 aliphatic carbocycles. The maximum atomic E-state index is 12.9. The average Bonchev–Trinajstić information content (AvgIpc) is 3.43. The van der Waals surface area contributed by atoms with Crippen molar-refractivity contribution in [3.63, 3.8) is 0 Å². The van der Waals surface area contributed by atoms with Gasteiger partial charge in [-0.2, -0.15) is 0 Å². The summed E-state index contributed by atoms with van der Waals surface area (Å²) in [5, 5.41) is 9.81. The molecule has 0 bridgehead atoms. The van der Waals surface area contributed by atoms with Gasteiger partial charge in [0.25, 0.3) is 0 Å². The number of aliphatic hydroxyl groups is 1. The molecule has 3 unspecified atom stereocenters. The Morgan fingerprint density at radius 2 is 0.718 bits per heavy atom. The van der Waals surface area contributed by atoms with Crippen LogP contribution in [0.4, 0.5) is 0 Å². The Bertz CT molecular complexity index is 1720. The molecule has 11 nitrogen and oxygen atoms in total. The average molecular weight is 1110 g/mol. The minimum absolute atomic E-state index is 0.0595. The van der Waals surface area contributed by atoms with Crippen molar-refractivity contribution in [3.05, 3.63) is 109 Å². The molecule has 0 aromatic carbocycles. The number of carbonyl (C=O) groups excluding carboxylic acids is 3. The Balaban J connectivity index is 4.81. The lowest BCUT2D eigenvalue weighted by atomic mass is 10.1. The summed E-state index contributed by atoms with van der Waals surface area (Å²) in [6, 6.07) is 0. The molecule has 0 aliphatic rings. The van der Waals surface area contributed by atoms with Gasteiger partial charge in [-0.15, -0.1) is 0 Å². The summed E-state index contributed by atoms with van der Waals surface area (Å²) < 4.78 is 39.5. The molecular formula is C66H111O11P. The maximum absolute atomic E-state index is 12.9. The van der Waals surface area contributed by atoms with Gasteiger partial charge in [0, 0.05) is 12.8 Å². The highest BCUT2D eigenvalue weighted by Crippen LogP contribution is 2.43. The van der Waals surface area contributed by atoms with Gasteiger partial charge in [0.05, 0.1) is 26.2 Å². The van der Waals surface area contributed by atoms with Crippen LogP contribution in [0.2, 0.25) is 0 Å². The normalized spacial score (nSPS) is 14.1. The fourth-order valence-electron chi connectivity index (χ4n) is 8.09. The molecule has 446 valence electrons. The number of ether oxygens (including phenoxy) is 3. The van der Waals surface area contributed by atoms with Gasteiger partial charge in [-0.25, -0.2) is 4.57 Å². The van der Waals surface area contributed by atoms with E-state index in [0.717, 1.165) is 96.3 Å². The van der Waals surface area contributed by atoms with E-state index in [1.165, 1.54) is 96.3 Å². The van der Waals surface area contributed by atoms with Gasteiger partial charge >= 0.3 is 25.7 Å². The topological polar surface area (TPSA) is 155 Å². The standard InChI is InChI=1S/C66H111O11P/c1-4-7-10-13-16-19-22-25-28-30-31-33-36-39-42-45-48-51-54-57-66(70)77-63(59-73-64(68)55-52-49-46-43-40-37-35-32-29-26-23-20-17-14-11-8-5-2)61-75-78(71,72)74-60-62(58-67)76-65(69)56-53-50-47-44-41-38-34-27-24-21-18-15-12-9-6-3/h8-9,11-12,17-18,20-21,25-29,34,41,44,50,53,62-63,67H,4-7,10,13-16,19,22-24,30-33,35-40,42-43,45-49,51-52,54-61H2,1-3H3,(H,71,72)/b11-8-,12-9-,20-17-,21-18-,28-25-,29-26-,34-27-,44-41-,53-50-. The lowest BCUT2D eigenvalue weighted by Crippen LogP contribution is -2.30. The van der Waals surface area contributed by atoms with Gasteiger partial charge in [0.1, 0.15) is 12.7 Å². The van der Waals surface area contributed by atoms with Crippen LogP contribution in [0.15, 0.2) is 109 Å². The molecule has 0 rings (SSSR count).